The number of nitrogens with zero attached hydrogens (tertiary/aromatic N) is 2. The lowest BCUT2D eigenvalue weighted by Crippen LogP contribution is -2.29. The third kappa shape index (κ3) is 6.64. The van der Waals surface area contributed by atoms with Crippen LogP contribution in [0.3, 0.4) is 0 Å². The maximum Gasteiger partial charge on any atom is 0.435 e. The largest absolute Gasteiger partial charge is 0.435 e. The van der Waals surface area contributed by atoms with E-state index < -0.39 is 28.7 Å². The van der Waals surface area contributed by atoms with Gasteiger partial charge in [0.2, 0.25) is 0 Å². The summed E-state index contributed by atoms with van der Waals surface area (Å²) in [6.45, 7) is 6.37. The van der Waals surface area contributed by atoms with E-state index in [1.165, 1.54) is 0 Å². The number of hydrogen-bond acceptors (Lipinski definition) is 5. The number of amides is 1. The summed E-state index contributed by atoms with van der Waals surface area (Å²) in [5.41, 5.74) is 1.48. The van der Waals surface area contributed by atoms with Crippen molar-refractivity contribution < 1.29 is 18.0 Å². The molecule has 1 unspecified atom stereocenters. The number of pyridine rings is 1. The summed E-state index contributed by atoms with van der Waals surface area (Å²) in [7, 11) is 0. The Labute approximate surface area is 201 Å². The van der Waals surface area contributed by atoms with Crippen molar-refractivity contribution in [3.63, 3.8) is 0 Å². The fraction of sp³-hybridized carbons (Fsp3) is 0.400. The summed E-state index contributed by atoms with van der Waals surface area (Å²) in [4.78, 5) is 20.4. The summed E-state index contributed by atoms with van der Waals surface area (Å²) < 4.78 is 40.9. The molecule has 0 bridgehead atoms. The van der Waals surface area contributed by atoms with E-state index in [0.717, 1.165) is 40.9 Å². The highest BCUT2D eigenvalue weighted by Gasteiger charge is 2.39. The zero-order chi connectivity index (χ0) is 24.7. The molecule has 0 spiro atoms. The first-order valence-corrected chi connectivity index (χ1v) is 12.2. The molecular formula is C25H29F3N4OS. The van der Waals surface area contributed by atoms with Gasteiger partial charge in [-0.15, -0.1) is 11.3 Å². The Hall–Kier alpha value is -2.78. The van der Waals surface area contributed by atoms with Gasteiger partial charge in [-0.25, -0.2) is 4.98 Å². The molecule has 0 fully saturated rings. The van der Waals surface area contributed by atoms with Gasteiger partial charge >= 0.3 is 6.18 Å². The number of alkyl halides is 3. The normalized spacial score (nSPS) is 12.7. The fourth-order valence-corrected chi connectivity index (χ4v) is 4.63. The van der Waals surface area contributed by atoms with Crippen molar-refractivity contribution in [2.75, 3.05) is 6.54 Å². The zero-order valence-corrected chi connectivity index (χ0v) is 20.3. The van der Waals surface area contributed by atoms with Gasteiger partial charge in [0.15, 0.2) is 5.69 Å². The number of nitrogens with one attached hydrogen (secondary N) is 2. The van der Waals surface area contributed by atoms with Gasteiger partial charge in [0, 0.05) is 31.4 Å². The molecule has 0 aliphatic heterocycles. The van der Waals surface area contributed by atoms with Gasteiger partial charge in [0.1, 0.15) is 4.88 Å². The van der Waals surface area contributed by atoms with Crippen LogP contribution in [0.2, 0.25) is 0 Å². The number of thiazole rings is 1. The summed E-state index contributed by atoms with van der Waals surface area (Å²) >= 11 is 0.807. The second-order valence-corrected chi connectivity index (χ2v) is 9.15. The average molecular weight is 491 g/mol. The van der Waals surface area contributed by atoms with Gasteiger partial charge < -0.3 is 10.6 Å². The summed E-state index contributed by atoms with van der Waals surface area (Å²) in [6.07, 6.45) is 0.925. The lowest BCUT2D eigenvalue weighted by atomic mass is 10.0. The van der Waals surface area contributed by atoms with Gasteiger partial charge in [-0.05, 0) is 48.6 Å². The Morgan fingerprint density at radius 3 is 2.50 bits per heavy atom. The van der Waals surface area contributed by atoms with Gasteiger partial charge in [-0.1, -0.05) is 38.1 Å². The Morgan fingerprint density at radius 1 is 1.12 bits per heavy atom. The van der Waals surface area contributed by atoms with Crippen LogP contribution in [0.1, 0.15) is 65.6 Å². The molecule has 0 aliphatic rings. The number of carbonyl (C=O) groups is 1. The minimum atomic E-state index is -4.70. The molecule has 2 aromatic heterocycles. The lowest BCUT2D eigenvalue weighted by molar-refractivity contribution is -0.141. The molecule has 3 aromatic rings. The number of hydrogen-bond donors (Lipinski definition) is 2. The van der Waals surface area contributed by atoms with Gasteiger partial charge in [0.05, 0.1) is 11.0 Å². The molecule has 34 heavy (non-hydrogen) atoms. The molecule has 1 atom stereocenters. The molecule has 1 amide bonds. The summed E-state index contributed by atoms with van der Waals surface area (Å²) in [5, 5.41) is 6.32. The van der Waals surface area contributed by atoms with Crippen molar-refractivity contribution >= 4 is 17.2 Å². The molecule has 0 saturated carbocycles. The van der Waals surface area contributed by atoms with Gasteiger partial charge in [0.25, 0.3) is 5.91 Å². The molecule has 1 aromatic carbocycles. The lowest BCUT2D eigenvalue weighted by Gasteiger charge is -2.16. The second kappa shape index (κ2) is 11.6. The highest BCUT2D eigenvalue weighted by Crippen LogP contribution is 2.35. The first-order chi connectivity index (χ1) is 16.2. The Balaban J connectivity index is 1.75. The van der Waals surface area contributed by atoms with Gasteiger partial charge in [-0.3, -0.25) is 9.78 Å². The molecule has 2 heterocycles. The summed E-state index contributed by atoms with van der Waals surface area (Å²) in [5.74, 6) is -0.775. The molecule has 0 radical (unpaired) electrons. The average Bonchev–Trinajstić information content (AvgIpc) is 3.28. The topological polar surface area (TPSA) is 66.9 Å². The van der Waals surface area contributed by atoms with E-state index in [2.05, 4.69) is 34.4 Å². The van der Waals surface area contributed by atoms with Crippen LogP contribution in [0.4, 0.5) is 13.2 Å². The maximum absolute atomic E-state index is 13.6. The number of carbonyl (C=O) groups excluding carboxylic acids is 1. The van der Waals surface area contributed by atoms with Crippen molar-refractivity contribution in [2.45, 2.75) is 58.3 Å². The van der Waals surface area contributed by atoms with Crippen LogP contribution < -0.4 is 10.6 Å². The molecule has 182 valence electrons. The van der Waals surface area contributed by atoms with E-state index in [0.29, 0.717) is 24.0 Å². The van der Waals surface area contributed by atoms with Crippen LogP contribution >= 0.6 is 11.3 Å². The monoisotopic (exact) mass is 490 g/mol. The number of rotatable bonds is 10. The van der Waals surface area contributed by atoms with E-state index in [9.17, 15) is 18.0 Å². The van der Waals surface area contributed by atoms with E-state index in [-0.39, 0.29) is 0 Å². The van der Waals surface area contributed by atoms with E-state index in [4.69, 9.17) is 0 Å². The second-order valence-electron chi connectivity index (χ2n) is 8.06. The highest BCUT2D eigenvalue weighted by atomic mass is 32.1. The highest BCUT2D eigenvalue weighted by molar-refractivity contribution is 7.13. The quantitative estimate of drug-likeness (QED) is 0.364. The Kier molecular flexibility index (Phi) is 8.79. The molecule has 3 rings (SSSR count). The van der Waals surface area contributed by atoms with Crippen molar-refractivity contribution in [3.8, 4) is 11.1 Å². The minimum Gasteiger partial charge on any atom is -0.345 e. The smallest absolute Gasteiger partial charge is 0.345 e. The van der Waals surface area contributed by atoms with Crippen molar-refractivity contribution in [2.24, 2.45) is 0 Å². The standard InChI is InChI=1S/C25H29F3N4OS/c1-4-20(5-2)30-13-11-21-32-23(25(26,27)28)22(34-21)24(33)31-16(3)17-8-6-9-18(14-17)19-10-7-12-29-15-19/h6-10,12,14-16,20,30H,4-5,11,13H2,1-3H3,(H,31,33). The molecule has 9 heteroatoms. The van der Waals surface area contributed by atoms with Crippen LogP contribution in [-0.4, -0.2) is 28.5 Å². The third-order valence-electron chi connectivity index (χ3n) is 5.63. The zero-order valence-electron chi connectivity index (χ0n) is 19.4. The van der Waals surface area contributed by atoms with Crippen LogP contribution in [0.25, 0.3) is 11.1 Å². The maximum atomic E-state index is 13.6. The van der Waals surface area contributed by atoms with E-state index in [1.54, 1.807) is 19.3 Å². The van der Waals surface area contributed by atoms with Crippen LogP contribution in [-0.2, 0) is 12.6 Å². The van der Waals surface area contributed by atoms with Crippen LogP contribution in [0.5, 0.6) is 0 Å². The molecule has 2 N–H and O–H groups in total. The predicted octanol–water partition coefficient (Wildman–Crippen LogP) is 6.04. The third-order valence-corrected chi connectivity index (χ3v) is 6.75. The van der Waals surface area contributed by atoms with Gasteiger partial charge in [-0.2, -0.15) is 13.2 Å². The predicted molar refractivity (Wildman–Crippen MR) is 129 cm³/mol. The first kappa shape index (κ1) is 25.8. The van der Waals surface area contributed by atoms with Crippen LogP contribution in [0.15, 0.2) is 48.8 Å². The number of aromatic nitrogens is 2. The molecule has 5 nitrogen and oxygen atoms in total. The molecule has 0 saturated heterocycles. The Morgan fingerprint density at radius 2 is 1.85 bits per heavy atom. The van der Waals surface area contributed by atoms with Crippen molar-refractivity contribution in [1.82, 2.24) is 20.6 Å². The Bertz CT molecular complexity index is 1080. The fourth-order valence-electron chi connectivity index (χ4n) is 3.64. The molecular weight excluding hydrogens is 461 g/mol. The summed E-state index contributed by atoms with van der Waals surface area (Å²) in [6, 6.07) is 11.1. The van der Waals surface area contributed by atoms with Crippen molar-refractivity contribution in [3.05, 3.63) is 69.9 Å². The van der Waals surface area contributed by atoms with Crippen LogP contribution in [0, 0.1) is 0 Å². The van der Waals surface area contributed by atoms with E-state index in [1.807, 2.05) is 36.4 Å². The van der Waals surface area contributed by atoms with E-state index >= 15 is 0 Å². The van der Waals surface area contributed by atoms with Crippen molar-refractivity contribution in [1.29, 1.82) is 0 Å². The minimum absolute atomic E-state index is 0.294. The number of halogens is 3. The molecule has 0 aliphatic carbocycles. The SMILES string of the molecule is CCC(CC)NCCc1nc(C(F)(F)F)c(C(=O)NC(C)c2cccc(-c3cccnc3)c2)s1. The number of benzene rings is 1. The first-order valence-electron chi connectivity index (χ1n) is 11.3.